The third-order valence-corrected chi connectivity index (χ3v) is 5.35. The molecule has 0 bridgehead atoms. The number of carbonyl (C=O) groups is 1. The summed E-state index contributed by atoms with van der Waals surface area (Å²) in [6.45, 7) is 1.95. The van der Waals surface area contributed by atoms with Crippen LogP contribution in [0, 0.1) is 0 Å². The number of nitrogens with zero attached hydrogens (tertiary/aromatic N) is 1. The Morgan fingerprint density at radius 2 is 1.81 bits per heavy atom. The number of anilines is 1. The molecule has 3 rings (SSSR count). The van der Waals surface area contributed by atoms with Gasteiger partial charge in [0.15, 0.2) is 0 Å². The van der Waals surface area contributed by atoms with Crippen LogP contribution in [0.5, 0.6) is 0 Å². The average molecular weight is 409 g/mol. The molecule has 0 spiro atoms. The van der Waals surface area contributed by atoms with Gasteiger partial charge >= 0.3 is 0 Å². The average Bonchev–Trinajstić information content (AvgIpc) is 2.46. The van der Waals surface area contributed by atoms with Crippen LogP contribution in [0.2, 0.25) is 0 Å². The molecule has 0 aliphatic carbocycles. The molecule has 108 valence electrons. The van der Waals surface area contributed by atoms with Gasteiger partial charge in [0.2, 0.25) is 5.91 Å². The van der Waals surface area contributed by atoms with Crippen LogP contribution in [-0.2, 0) is 4.79 Å². The molecule has 1 aliphatic rings. The first kappa shape index (κ1) is 14.8. The summed E-state index contributed by atoms with van der Waals surface area (Å²) in [5.74, 6) is 0.0566. The minimum Gasteiger partial charge on any atom is -0.314 e. The lowest BCUT2D eigenvalue weighted by Crippen LogP contribution is -2.49. The highest BCUT2D eigenvalue weighted by Crippen LogP contribution is 2.49. The summed E-state index contributed by atoms with van der Waals surface area (Å²) in [5, 5.41) is 0. The SMILES string of the molecule is CN1C(=O)[C@](C)(Br)[C@H](c2ccccc2)c2cc(Br)ccc21. The molecule has 2 atom stereocenters. The van der Waals surface area contributed by atoms with Gasteiger partial charge in [-0.1, -0.05) is 62.2 Å². The Labute approximate surface area is 141 Å². The van der Waals surface area contributed by atoms with Gasteiger partial charge in [-0.2, -0.15) is 0 Å². The number of hydrogen-bond acceptors (Lipinski definition) is 1. The second-order valence-electron chi connectivity index (χ2n) is 5.49. The fourth-order valence-electron chi connectivity index (χ4n) is 3.05. The van der Waals surface area contributed by atoms with E-state index in [9.17, 15) is 4.79 Å². The second-order valence-corrected chi connectivity index (χ2v) is 8.05. The van der Waals surface area contributed by atoms with E-state index in [2.05, 4.69) is 50.1 Å². The highest BCUT2D eigenvalue weighted by molar-refractivity contribution is 9.10. The summed E-state index contributed by atoms with van der Waals surface area (Å²) in [4.78, 5) is 14.5. The van der Waals surface area contributed by atoms with Crippen molar-refractivity contribution < 1.29 is 4.79 Å². The molecule has 0 saturated carbocycles. The van der Waals surface area contributed by atoms with Crippen LogP contribution in [0.1, 0.15) is 24.0 Å². The predicted octanol–water partition coefficient (Wildman–Crippen LogP) is 4.71. The van der Waals surface area contributed by atoms with Crippen LogP contribution in [0.25, 0.3) is 0 Å². The Balaban J connectivity index is 2.28. The maximum atomic E-state index is 12.7. The smallest absolute Gasteiger partial charge is 0.244 e. The van der Waals surface area contributed by atoms with Crippen LogP contribution >= 0.6 is 31.9 Å². The van der Waals surface area contributed by atoms with Gasteiger partial charge in [0, 0.05) is 23.1 Å². The molecule has 2 aromatic rings. The molecule has 2 nitrogen and oxygen atoms in total. The number of rotatable bonds is 1. The van der Waals surface area contributed by atoms with Crippen LogP contribution in [0.3, 0.4) is 0 Å². The minimum absolute atomic E-state index is 0.0186. The molecule has 0 saturated heterocycles. The number of hydrogen-bond donors (Lipinski definition) is 0. The number of halogens is 2. The van der Waals surface area contributed by atoms with E-state index in [4.69, 9.17) is 0 Å². The molecule has 0 N–H and O–H groups in total. The monoisotopic (exact) mass is 407 g/mol. The minimum atomic E-state index is -0.656. The molecule has 1 amide bonds. The molecule has 0 aromatic heterocycles. The van der Waals surface area contributed by atoms with Crippen molar-refractivity contribution in [1.29, 1.82) is 0 Å². The van der Waals surface area contributed by atoms with Crippen molar-refractivity contribution in [2.45, 2.75) is 17.2 Å². The summed E-state index contributed by atoms with van der Waals surface area (Å²) in [6, 6.07) is 16.2. The van der Waals surface area contributed by atoms with Crippen molar-refractivity contribution in [2.75, 3.05) is 11.9 Å². The first-order valence-electron chi connectivity index (χ1n) is 6.74. The molecular weight excluding hydrogens is 394 g/mol. The van der Waals surface area contributed by atoms with E-state index < -0.39 is 4.32 Å². The van der Waals surface area contributed by atoms with Crippen LogP contribution in [-0.4, -0.2) is 17.3 Å². The van der Waals surface area contributed by atoms with Crippen molar-refractivity contribution in [3.05, 3.63) is 64.1 Å². The molecule has 1 aliphatic heterocycles. The predicted molar refractivity (Wildman–Crippen MR) is 93.2 cm³/mol. The van der Waals surface area contributed by atoms with Crippen molar-refractivity contribution in [3.63, 3.8) is 0 Å². The van der Waals surface area contributed by atoms with E-state index in [1.807, 2.05) is 44.3 Å². The van der Waals surface area contributed by atoms with Gasteiger partial charge in [-0.15, -0.1) is 0 Å². The molecule has 0 radical (unpaired) electrons. The van der Waals surface area contributed by atoms with Crippen LogP contribution in [0.4, 0.5) is 5.69 Å². The summed E-state index contributed by atoms with van der Waals surface area (Å²) in [6.07, 6.45) is 0. The lowest BCUT2D eigenvalue weighted by Gasteiger charge is -2.42. The highest BCUT2D eigenvalue weighted by atomic mass is 79.9. The van der Waals surface area contributed by atoms with Crippen molar-refractivity contribution in [2.24, 2.45) is 0 Å². The summed E-state index contributed by atoms with van der Waals surface area (Å²) >= 11 is 7.23. The lowest BCUT2D eigenvalue weighted by molar-refractivity contribution is -0.120. The summed E-state index contributed by atoms with van der Waals surface area (Å²) in [7, 11) is 1.83. The number of carbonyl (C=O) groups excluding carboxylic acids is 1. The van der Waals surface area contributed by atoms with Gasteiger partial charge in [0.25, 0.3) is 0 Å². The van der Waals surface area contributed by atoms with Gasteiger partial charge in [0.05, 0.1) is 0 Å². The Bertz CT molecular complexity index is 697. The Kier molecular flexibility index (Phi) is 3.70. The zero-order chi connectivity index (χ0) is 15.2. The van der Waals surface area contributed by atoms with E-state index in [-0.39, 0.29) is 11.8 Å². The fraction of sp³-hybridized carbons (Fsp3) is 0.235. The van der Waals surface area contributed by atoms with Crippen LogP contribution < -0.4 is 4.90 Å². The quantitative estimate of drug-likeness (QED) is 0.625. The normalized spacial score (nSPS) is 24.9. The number of benzene rings is 2. The van der Waals surface area contributed by atoms with Gasteiger partial charge in [-0.25, -0.2) is 0 Å². The lowest BCUT2D eigenvalue weighted by atomic mass is 9.77. The summed E-state index contributed by atoms with van der Waals surface area (Å²) < 4.78 is 0.366. The molecule has 1 heterocycles. The molecular formula is C17H15Br2NO. The third kappa shape index (κ3) is 2.34. The topological polar surface area (TPSA) is 20.3 Å². The first-order valence-corrected chi connectivity index (χ1v) is 8.33. The Morgan fingerprint density at radius 1 is 1.14 bits per heavy atom. The Morgan fingerprint density at radius 3 is 2.48 bits per heavy atom. The summed E-state index contributed by atoms with van der Waals surface area (Å²) in [5.41, 5.74) is 3.25. The van der Waals surface area contributed by atoms with Gasteiger partial charge < -0.3 is 4.90 Å². The van der Waals surface area contributed by atoms with Crippen LogP contribution in [0.15, 0.2) is 53.0 Å². The zero-order valence-corrected chi connectivity index (χ0v) is 15.0. The van der Waals surface area contributed by atoms with E-state index in [0.29, 0.717) is 0 Å². The van der Waals surface area contributed by atoms with E-state index >= 15 is 0 Å². The van der Waals surface area contributed by atoms with Gasteiger partial charge in [-0.3, -0.25) is 4.79 Å². The van der Waals surface area contributed by atoms with Gasteiger partial charge in [-0.05, 0) is 36.2 Å². The third-order valence-electron chi connectivity index (χ3n) is 4.06. The zero-order valence-electron chi connectivity index (χ0n) is 11.8. The van der Waals surface area contributed by atoms with E-state index in [0.717, 1.165) is 21.3 Å². The van der Waals surface area contributed by atoms with Crippen molar-refractivity contribution >= 4 is 43.5 Å². The molecule has 0 unspecified atom stereocenters. The standard InChI is InChI=1S/C17H15Br2NO/c1-17(19)15(11-6-4-3-5-7-11)13-10-12(18)8-9-14(13)20(2)16(17)21/h3-10,15H,1-2H3/t15-,17-/m1/s1. The number of amides is 1. The fourth-order valence-corrected chi connectivity index (χ4v) is 4.21. The van der Waals surface area contributed by atoms with Crippen molar-refractivity contribution in [3.8, 4) is 0 Å². The first-order chi connectivity index (χ1) is 9.93. The molecule has 21 heavy (non-hydrogen) atoms. The maximum Gasteiger partial charge on any atom is 0.244 e. The molecule has 0 fully saturated rings. The number of alkyl halides is 1. The molecule has 2 aromatic carbocycles. The molecule has 4 heteroatoms. The van der Waals surface area contributed by atoms with E-state index in [1.54, 1.807) is 4.90 Å². The Hall–Kier alpha value is -1.13. The second kappa shape index (κ2) is 5.25. The largest absolute Gasteiger partial charge is 0.314 e. The maximum absolute atomic E-state index is 12.7. The van der Waals surface area contributed by atoms with E-state index in [1.165, 1.54) is 0 Å². The highest BCUT2D eigenvalue weighted by Gasteiger charge is 2.47. The van der Waals surface area contributed by atoms with Crippen molar-refractivity contribution in [1.82, 2.24) is 0 Å². The number of fused-ring (bicyclic) bond motifs is 1. The van der Waals surface area contributed by atoms with Gasteiger partial charge in [0.1, 0.15) is 4.32 Å².